The van der Waals surface area contributed by atoms with Crippen LogP contribution < -0.4 is 11.1 Å². The maximum absolute atomic E-state index is 10.9. The predicted molar refractivity (Wildman–Crippen MR) is 44.0 cm³/mol. The maximum Gasteiger partial charge on any atom is 0.219 e. The summed E-state index contributed by atoms with van der Waals surface area (Å²) in [5.41, 5.74) is 5.69. The van der Waals surface area contributed by atoms with Crippen LogP contribution in [0.3, 0.4) is 0 Å². The average molecular weight is 156 g/mol. The molecule has 1 aliphatic rings. The third-order valence-electron chi connectivity index (χ3n) is 2.16. The molecule has 0 saturated heterocycles. The molecule has 0 bridgehead atoms. The standard InChI is InChI=1S/C8H16N2O/c1-2-8(11)10-7-4-3-6(9)5-7/h6-7H,2-5,9H2,1H3,(H,10,11). The third-order valence-corrected chi connectivity index (χ3v) is 2.16. The van der Waals surface area contributed by atoms with E-state index in [1.165, 1.54) is 0 Å². The second kappa shape index (κ2) is 3.72. The van der Waals surface area contributed by atoms with Crippen molar-refractivity contribution in [3.8, 4) is 0 Å². The van der Waals surface area contributed by atoms with Gasteiger partial charge in [-0.05, 0) is 19.3 Å². The monoisotopic (exact) mass is 156 g/mol. The van der Waals surface area contributed by atoms with Crippen LogP contribution in [0.2, 0.25) is 0 Å². The largest absolute Gasteiger partial charge is 0.353 e. The van der Waals surface area contributed by atoms with E-state index in [2.05, 4.69) is 5.32 Å². The van der Waals surface area contributed by atoms with E-state index in [0.717, 1.165) is 19.3 Å². The Morgan fingerprint density at radius 1 is 1.64 bits per heavy atom. The minimum Gasteiger partial charge on any atom is -0.353 e. The Balaban J connectivity index is 2.23. The lowest BCUT2D eigenvalue weighted by molar-refractivity contribution is -0.121. The topological polar surface area (TPSA) is 55.1 Å². The number of carbonyl (C=O) groups is 1. The summed E-state index contributed by atoms with van der Waals surface area (Å²) in [4.78, 5) is 10.9. The molecule has 0 heterocycles. The Kier molecular flexibility index (Phi) is 2.88. The zero-order valence-electron chi connectivity index (χ0n) is 6.97. The molecule has 0 aromatic rings. The van der Waals surface area contributed by atoms with E-state index in [-0.39, 0.29) is 5.91 Å². The van der Waals surface area contributed by atoms with Gasteiger partial charge in [-0.3, -0.25) is 4.79 Å². The molecule has 3 nitrogen and oxygen atoms in total. The molecular formula is C8H16N2O. The summed E-state index contributed by atoms with van der Waals surface area (Å²) in [6.45, 7) is 1.87. The fourth-order valence-electron chi connectivity index (χ4n) is 1.48. The van der Waals surface area contributed by atoms with Gasteiger partial charge in [-0.2, -0.15) is 0 Å². The van der Waals surface area contributed by atoms with Crippen LogP contribution >= 0.6 is 0 Å². The van der Waals surface area contributed by atoms with Gasteiger partial charge in [0, 0.05) is 18.5 Å². The Labute approximate surface area is 67.3 Å². The van der Waals surface area contributed by atoms with Crippen LogP contribution in [0.25, 0.3) is 0 Å². The number of amides is 1. The minimum absolute atomic E-state index is 0.143. The summed E-state index contributed by atoms with van der Waals surface area (Å²) in [6.07, 6.45) is 3.62. The first kappa shape index (κ1) is 8.53. The smallest absolute Gasteiger partial charge is 0.219 e. The number of hydrogen-bond donors (Lipinski definition) is 2. The third kappa shape index (κ3) is 2.50. The van der Waals surface area contributed by atoms with Gasteiger partial charge >= 0.3 is 0 Å². The normalized spacial score (nSPS) is 30.4. The van der Waals surface area contributed by atoms with Crippen LogP contribution in [-0.2, 0) is 4.79 Å². The second-order valence-electron chi connectivity index (χ2n) is 3.19. The SMILES string of the molecule is CCC(=O)NC1CCC(N)C1. The predicted octanol–water partition coefficient (Wildman–Crippen LogP) is 0.392. The molecule has 64 valence electrons. The van der Waals surface area contributed by atoms with Crippen LogP contribution in [0.15, 0.2) is 0 Å². The van der Waals surface area contributed by atoms with Crippen molar-refractivity contribution in [1.82, 2.24) is 5.32 Å². The van der Waals surface area contributed by atoms with Crippen LogP contribution in [0.1, 0.15) is 32.6 Å². The number of rotatable bonds is 2. The van der Waals surface area contributed by atoms with Gasteiger partial charge in [-0.15, -0.1) is 0 Å². The van der Waals surface area contributed by atoms with Gasteiger partial charge in [0.2, 0.25) is 5.91 Å². The van der Waals surface area contributed by atoms with Crippen molar-refractivity contribution in [3.05, 3.63) is 0 Å². The Bertz CT molecular complexity index is 147. The fraction of sp³-hybridized carbons (Fsp3) is 0.875. The van der Waals surface area contributed by atoms with Crippen molar-refractivity contribution >= 4 is 5.91 Å². The Morgan fingerprint density at radius 2 is 2.36 bits per heavy atom. The molecule has 11 heavy (non-hydrogen) atoms. The molecule has 1 rings (SSSR count). The van der Waals surface area contributed by atoms with Crippen molar-refractivity contribution in [2.75, 3.05) is 0 Å². The maximum atomic E-state index is 10.9. The summed E-state index contributed by atoms with van der Waals surface area (Å²) in [6, 6.07) is 0.648. The molecule has 1 fully saturated rings. The molecule has 0 radical (unpaired) electrons. The summed E-state index contributed by atoms with van der Waals surface area (Å²) in [7, 11) is 0. The Hall–Kier alpha value is -0.570. The molecule has 0 aliphatic heterocycles. The lowest BCUT2D eigenvalue weighted by Crippen LogP contribution is -2.33. The molecule has 3 heteroatoms. The van der Waals surface area contributed by atoms with E-state index < -0.39 is 0 Å². The lowest BCUT2D eigenvalue weighted by atomic mass is 10.2. The summed E-state index contributed by atoms with van der Waals surface area (Å²) in [5, 5.41) is 2.94. The number of carbonyl (C=O) groups excluding carboxylic acids is 1. The second-order valence-corrected chi connectivity index (χ2v) is 3.19. The van der Waals surface area contributed by atoms with Gasteiger partial charge in [0.25, 0.3) is 0 Å². The summed E-state index contributed by atoms with van der Waals surface area (Å²) >= 11 is 0. The van der Waals surface area contributed by atoms with Crippen LogP contribution in [0.4, 0.5) is 0 Å². The van der Waals surface area contributed by atoms with Crippen LogP contribution in [0.5, 0.6) is 0 Å². The van der Waals surface area contributed by atoms with Crippen molar-refractivity contribution < 1.29 is 4.79 Å². The Morgan fingerprint density at radius 3 is 2.82 bits per heavy atom. The van der Waals surface area contributed by atoms with E-state index in [9.17, 15) is 4.79 Å². The molecule has 1 aliphatic carbocycles. The van der Waals surface area contributed by atoms with Gasteiger partial charge in [0.1, 0.15) is 0 Å². The quantitative estimate of drug-likeness (QED) is 0.607. The molecule has 2 unspecified atom stereocenters. The molecule has 0 aromatic carbocycles. The van der Waals surface area contributed by atoms with E-state index >= 15 is 0 Å². The molecular weight excluding hydrogens is 140 g/mol. The van der Waals surface area contributed by atoms with E-state index in [1.54, 1.807) is 0 Å². The minimum atomic E-state index is 0.143. The van der Waals surface area contributed by atoms with Crippen molar-refractivity contribution in [1.29, 1.82) is 0 Å². The first-order chi connectivity index (χ1) is 5.22. The zero-order valence-corrected chi connectivity index (χ0v) is 6.97. The van der Waals surface area contributed by atoms with Crippen molar-refractivity contribution in [3.63, 3.8) is 0 Å². The highest BCUT2D eigenvalue weighted by atomic mass is 16.1. The highest BCUT2D eigenvalue weighted by Gasteiger charge is 2.22. The van der Waals surface area contributed by atoms with Crippen molar-refractivity contribution in [2.45, 2.75) is 44.7 Å². The zero-order chi connectivity index (χ0) is 8.27. The van der Waals surface area contributed by atoms with Gasteiger partial charge in [0.15, 0.2) is 0 Å². The highest BCUT2D eigenvalue weighted by Crippen LogP contribution is 2.16. The summed E-state index contributed by atoms with van der Waals surface area (Å²) < 4.78 is 0. The molecule has 0 aromatic heterocycles. The average Bonchev–Trinajstić information content (AvgIpc) is 2.35. The number of nitrogens with one attached hydrogen (secondary N) is 1. The van der Waals surface area contributed by atoms with Crippen LogP contribution in [-0.4, -0.2) is 18.0 Å². The lowest BCUT2D eigenvalue weighted by Gasteiger charge is -2.10. The van der Waals surface area contributed by atoms with Gasteiger partial charge in [-0.1, -0.05) is 6.92 Å². The highest BCUT2D eigenvalue weighted by molar-refractivity contribution is 5.75. The van der Waals surface area contributed by atoms with Crippen LogP contribution in [0, 0.1) is 0 Å². The first-order valence-electron chi connectivity index (χ1n) is 4.27. The number of nitrogens with two attached hydrogens (primary N) is 1. The van der Waals surface area contributed by atoms with Gasteiger partial charge in [-0.25, -0.2) is 0 Å². The molecule has 3 N–H and O–H groups in total. The van der Waals surface area contributed by atoms with Gasteiger partial charge < -0.3 is 11.1 Å². The number of hydrogen-bond acceptors (Lipinski definition) is 2. The van der Waals surface area contributed by atoms with E-state index in [1.807, 2.05) is 6.92 Å². The molecule has 2 atom stereocenters. The molecule has 1 amide bonds. The molecule has 0 spiro atoms. The van der Waals surface area contributed by atoms with Gasteiger partial charge in [0.05, 0.1) is 0 Å². The fourth-order valence-corrected chi connectivity index (χ4v) is 1.48. The van der Waals surface area contributed by atoms with E-state index in [4.69, 9.17) is 5.73 Å². The summed E-state index contributed by atoms with van der Waals surface area (Å²) in [5.74, 6) is 0.143. The van der Waals surface area contributed by atoms with E-state index in [0.29, 0.717) is 18.5 Å². The van der Waals surface area contributed by atoms with Crippen molar-refractivity contribution in [2.24, 2.45) is 5.73 Å². The molecule has 1 saturated carbocycles. The first-order valence-corrected chi connectivity index (χ1v) is 4.27.